The number of rotatable bonds is 6. The molecule has 5 heteroatoms. The van der Waals surface area contributed by atoms with Gasteiger partial charge in [0.25, 0.3) is 0 Å². The fourth-order valence-corrected chi connectivity index (χ4v) is 1.66. The summed E-state index contributed by atoms with van der Waals surface area (Å²) < 4.78 is 42.7. The van der Waals surface area contributed by atoms with Gasteiger partial charge in [-0.25, -0.2) is 0 Å². The van der Waals surface area contributed by atoms with Gasteiger partial charge in [0, 0.05) is 19.3 Å². The third-order valence-corrected chi connectivity index (χ3v) is 2.59. The predicted octanol–water partition coefficient (Wildman–Crippen LogP) is 3.00. The highest BCUT2D eigenvalue weighted by Crippen LogP contribution is 2.29. The van der Waals surface area contributed by atoms with E-state index < -0.39 is 11.7 Å². The third-order valence-electron chi connectivity index (χ3n) is 2.59. The van der Waals surface area contributed by atoms with Crippen LogP contribution in [0.15, 0.2) is 24.3 Å². The molecule has 0 heterocycles. The number of alkyl halides is 3. The Morgan fingerprint density at radius 2 is 2.06 bits per heavy atom. The van der Waals surface area contributed by atoms with Crippen LogP contribution in [0.1, 0.15) is 24.5 Å². The summed E-state index contributed by atoms with van der Waals surface area (Å²) in [5, 5.41) is 0. The number of ether oxygens (including phenoxy) is 1. The van der Waals surface area contributed by atoms with E-state index in [0.717, 1.165) is 12.1 Å². The van der Waals surface area contributed by atoms with Crippen molar-refractivity contribution in [2.75, 3.05) is 13.2 Å². The molecule has 1 atom stereocenters. The van der Waals surface area contributed by atoms with E-state index >= 15 is 0 Å². The molecule has 0 aliphatic heterocycles. The summed E-state index contributed by atoms with van der Waals surface area (Å²) in [5.41, 5.74) is 5.82. The molecular formula is C13H18F3NO. The molecule has 0 spiro atoms. The van der Waals surface area contributed by atoms with Crippen LogP contribution in [0.5, 0.6) is 0 Å². The average molecular weight is 261 g/mol. The monoisotopic (exact) mass is 261 g/mol. The maximum absolute atomic E-state index is 12.5. The normalized spacial score (nSPS) is 13.6. The summed E-state index contributed by atoms with van der Waals surface area (Å²) in [6.07, 6.45) is -3.23. The second kappa shape index (κ2) is 6.75. The van der Waals surface area contributed by atoms with E-state index in [0.29, 0.717) is 31.6 Å². The maximum Gasteiger partial charge on any atom is 0.416 e. The largest absolute Gasteiger partial charge is 0.416 e. The maximum atomic E-state index is 12.5. The van der Waals surface area contributed by atoms with Crippen LogP contribution in [0.3, 0.4) is 0 Å². The van der Waals surface area contributed by atoms with Crippen LogP contribution in [-0.2, 0) is 17.3 Å². The van der Waals surface area contributed by atoms with Gasteiger partial charge >= 0.3 is 6.18 Å². The lowest BCUT2D eigenvalue weighted by atomic mass is 10.0. The van der Waals surface area contributed by atoms with Gasteiger partial charge in [0.05, 0.1) is 5.56 Å². The second-order valence-electron chi connectivity index (χ2n) is 4.15. The number of hydrogen-bond donors (Lipinski definition) is 1. The summed E-state index contributed by atoms with van der Waals surface area (Å²) in [4.78, 5) is 0. The van der Waals surface area contributed by atoms with E-state index in [1.807, 2.05) is 6.92 Å². The Kier molecular flexibility index (Phi) is 5.62. The van der Waals surface area contributed by atoms with E-state index in [2.05, 4.69) is 0 Å². The molecule has 0 aliphatic carbocycles. The molecule has 102 valence electrons. The van der Waals surface area contributed by atoms with E-state index in [1.165, 1.54) is 6.07 Å². The third kappa shape index (κ3) is 5.06. The number of benzene rings is 1. The molecular weight excluding hydrogens is 243 g/mol. The first-order valence-corrected chi connectivity index (χ1v) is 5.93. The molecule has 0 aliphatic rings. The van der Waals surface area contributed by atoms with Gasteiger partial charge in [0.1, 0.15) is 0 Å². The molecule has 18 heavy (non-hydrogen) atoms. The lowest BCUT2D eigenvalue weighted by Crippen LogP contribution is -2.24. The van der Waals surface area contributed by atoms with E-state index in [1.54, 1.807) is 6.07 Å². The number of halogens is 3. The summed E-state index contributed by atoms with van der Waals surface area (Å²) in [5.74, 6) is 0. The summed E-state index contributed by atoms with van der Waals surface area (Å²) in [7, 11) is 0. The Balaban J connectivity index is 2.57. The molecule has 0 fully saturated rings. The quantitative estimate of drug-likeness (QED) is 0.799. The van der Waals surface area contributed by atoms with Crippen molar-refractivity contribution >= 4 is 0 Å². The second-order valence-corrected chi connectivity index (χ2v) is 4.15. The Morgan fingerprint density at radius 1 is 1.33 bits per heavy atom. The fourth-order valence-electron chi connectivity index (χ4n) is 1.66. The fraction of sp³-hybridized carbons (Fsp3) is 0.538. The highest BCUT2D eigenvalue weighted by molar-refractivity contribution is 5.26. The topological polar surface area (TPSA) is 35.2 Å². The Bertz CT molecular complexity index is 365. The molecule has 0 radical (unpaired) electrons. The van der Waals surface area contributed by atoms with Crippen molar-refractivity contribution in [3.05, 3.63) is 35.4 Å². The first-order valence-electron chi connectivity index (χ1n) is 5.93. The molecule has 2 nitrogen and oxygen atoms in total. The molecule has 0 amide bonds. The van der Waals surface area contributed by atoms with Gasteiger partial charge in [-0.2, -0.15) is 13.2 Å². The van der Waals surface area contributed by atoms with E-state index in [4.69, 9.17) is 10.5 Å². The number of nitrogens with two attached hydrogens (primary N) is 1. The van der Waals surface area contributed by atoms with Crippen molar-refractivity contribution in [1.82, 2.24) is 0 Å². The van der Waals surface area contributed by atoms with Crippen LogP contribution in [0.2, 0.25) is 0 Å². The molecule has 0 saturated carbocycles. The summed E-state index contributed by atoms with van der Waals surface area (Å²) >= 11 is 0. The zero-order chi connectivity index (χ0) is 13.6. The van der Waals surface area contributed by atoms with Crippen molar-refractivity contribution in [3.63, 3.8) is 0 Å². The number of hydrogen-bond acceptors (Lipinski definition) is 2. The van der Waals surface area contributed by atoms with Crippen molar-refractivity contribution < 1.29 is 17.9 Å². The molecule has 1 unspecified atom stereocenters. The standard InChI is InChI=1S/C13H18F3NO/c1-2-18-7-6-12(17)9-10-4-3-5-11(8-10)13(14,15)16/h3-5,8,12H,2,6-7,9,17H2,1H3. The molecule has 1 aromatic carbocycles. The molecule has 1 rings (SSSR count). The Labute approximate surface area is 105 Å². The zero-order valence-electron chi connectivity index (χ0n) is 10.3. The first kappa shape index (κ1) is 15.0. The minimum atomic E-state index is -4.30. The van der Waals surface area contributed by atoms with E-state index in [9.17, 15) is 13.2 Å². The van der Waals surface area contributed by atoms with Gasteiger partial charge in [-0.05, 0) is 31.4 Å². The summed E-state index contributed by atoms with van der Waals surface area (Å²) in [6.45, 7) is 3.05. The molecule has 0 saturated heterocycles. The van der Waals surface area contributed by atoms with Crippen molar-refractivity contribution in [2.45, 2.75) is 32.0 Å². The van der Waals surface area contributed by atoms with Crippen LogP contribution in [-0.4, -0.2) is 19.3 Å². The first-order chi connectivity index (χ1) is 8.43. The van der Waals surface area contributed by atoms with Gasteiger partial charge in [0.15, 0.2) is 0 Å². The van der Waals surface area contributed by atoms with Crippen molar-refractivity contribution in [2.24, 2.45) is 5.73 Å². The van der Waals surface area contributed by atoms with Crippen LogP contribution < -0.4 is 5.73 Å². The van der Waals surface area contributed by atoms with E-state index in [-0.39, 0.29) is 6.04 Å². The molecule has 0 aromatic heterocycles. The van der Waals surface area contributed by atoms with Gasteiger partial charge in [-0.1, -0.05) is 18.2 Å². The van der Waals surface area contributed by atoms with Crippen LogP contribution in [0, 0.1) is 0 Å². The molecule has 2 N–H and O–H groups in total. The highest BCUT2D eigenvalue weighted by atomic mass is 19.4. The van der Waals surface area contributed by atoms with Gasteiger partial charge < -0.3 is 10.5 Å². The van der Waals surface area contributed by atoms with Crippen LogP contribution in [0.4, 0.5) is 13.2 Å². The minimum absolute atomic E-state index is 0.181. The van der Waals surface area contributed by atoms with Gasteiger partial charge in [-0.15, -0.1) is 0 Å². The lowest BCUT2D eigenvalue weighted by Gasteiger charge is -2.13. The minimum Gasteiger partial charge on any atom is -0.382 e. The summed E-state index contributed by atoms with van der Waals surface area (Å²) in [6, 6.07) is 5.11. The highest BCUT2D eigenvalue weighted by Gasteiger charge is 2.30. The van der Waals surface area contributed by atoms with Crippen molar-refractivity contribution in [1.29, 1.82) is 0 Å². The van der Waals surface area contributed by atoms with Gasteiger partial charge in [-0.3, -0.25) is 0 Å². The van der Waals surface area contributed by atoms with Crippen LogP contribution in [0.25, 0.3) is 0 Å². The van der Waals surface area contributed by atoms with Crippen LogP contribution >= 0.6 is 0 Å². The van der Waals surface area contributed by atoms with Gasteiger partial charge in [0.2, 0.25) is 0 Å². The molecule has 1 aromatic rings. The SMILES string of the molecule is CCOCCC(N)Cc1cccc(C(F)(F)F)c1. The Hall–Kier alpha value is -1.07. The predicted molar refractivity (Wildman–Crippen MR) is 64.2 cm³/mol. The molecule has 0 bridgehead atoms. The van der Waals surface area contributed by atoms with Crippen molar-refractivity contribution in [3.8, 4) is 0 Å². The lowest BCUT2D eigenvalue weighted by molar-refractivity contribution is -0.137. The average Bonchev–Trinajstić information content (AvgIpc) is 2.28. The Morgan fingerprint density at radius 3 is 2.67 bits per heavy atom. The smallest absolute Gasteiger partial charge is 0.382 e. The zero-order valence-corrected chi connectivity index (χ0v) is 10.3.